The van der Waals surface area contributed by atoms with Crippen molar-refractivity contribution in [2.75, 3.05) is 12.0 Å². The molecule has 0 amide bonds. The van der Waals surface area contributed by atoms with Gasteiger partial charge in [-0.15, -0.1) is 25.3 Å². The summed E-state index contributed by atoms with van der Waals surface area (Å²) in [6.45, 7) is 0. The van der Waals surface area contributed by atoms with Gasteiger partial charge in [-0.2, -0.15) is 0 Å². The maximum Gasteiger partial charge on any atom is 0.152 e. The number of thiol groups is 2. The maximum atomic E-state index is 5.62. The number of anilines is 1. The van der Waals surface area contributed by atoms with E-state index in [1.165, 1.54) is 12.0 Å². The van der Waals surface area contributed by atoms with Gasteiger partial charge in [-0.1, -0.05) is 0 Å². The largest absolute Gasteiger partial charge is 0.425 e. The molecule has 0 bridgehead atoms. The number of nitrogens with two attached hydrogens (primary N) is 1. The Morgan fingerprint density at radius 1 is 1.33 bits per heavy atom. The zero-order chi connectivity index (χ0) is 9.14. The van der Waals surface area contributed by atoms with Crippen molar-refractivity contribution in [1.82, 2.24) is 0 Å². The zero-order valence-corrected chi connectivity index (χ0v) is 9.05. The molecule has 0 fully saturated rings. The smallest absolute Gasteiger partial charge is 0.152 e. The van der Waals surface area contributed by atoms with Crippen molar-refractivity contribution in [2.45, 2.75) is 9.79 Å². The third kappa shape index (κ3) is 2.18. The first-order valence-corrected chi connectivity index (χ1v) is 5.21. The summed E-state index contributed by atoms with van der Waals surface area (Å²) in [5.74, 6) is 0.668. The maximum absolute atomic E-state index is 5.62. The summed E-state index contributed by atoms with van der Waals surface area (Å²) in [6.07, 6.45) is 1.83. The van der Waals surface area contributed by atoms with E-state index < -0.39 is 0 Å². The van der Waals surface area contributed by atoms with Crippen LogP contribution in [-0.4, -0.2) is 6.26 Å². The highest BCUT2D eigenvalue weighted by Crippen LogP contribution is 2.31. The Kier molecular flexibility index (Phi) is 3.49. The molecule has 0 aliphatic rings. The molecule has 0 radical (unpaired) electrons. The second kappa shape index (κ2) is 4.20. The normalized spacial score (nSPS) is 9.92. The van der Waals surface area contributed by atoms with Crippen molar-refractivity contribution in [3.8, 4) is 5.75 Å². The summed E-state index contributed by atoms with van der Waals surface area (Å²) in [7, 11) is 0. The summed E-state index contributed by atoms with van der Waals surface area (Å²) in [6, 6.07) is 3.47. The second-order valence-electron chi connectivity index (χ2n) is 2.13. The van der Waals surface area contributed by atoms with Crippen molar-refractivity contribution >= 4 is 43.0 Å². The fourth-order valence-electron chi connectivity index (χ4n) is 0.730. The number of hydrogen-bond acceptors (Lipinski definition) is 5. The fraction of sp³-hybridized carbons (Fsp3) is 0.143. The molecule has 2 nitrogen and oxygen atoms in total. The molecule has 0 heterocycles. The van der Waals surface area contributed by atoms with Gasteiger partial charge in [0.1, 0.15) is 0 Å². The Balaban J connectivity index is 3.05. The molecule has 0 aliphatic carbocycles. The topological polar surface area (TPSA) is 35.2 Å². The second-order valence-corrected chi connectivity index (χ2v) is 3.59. The van der Waals surface area contributed by atoms with Crippen LogP contribution in [0.3, 0.4) is 0 Å². The number of rotatable bonds is 2. The lowest BCUT2D eigenvalue weighted by Gasteiger charge is -2.06. The molecule has 0 unspecified atom stereocenters. The van der Waals surface area contributed by atoms with Crippen molar-refractivity contribution in [3.05, 3.63) is 12.1 Å². The Bertz CT molecular complexity index is 290. The Labute approximate surface area is 86.9 Å². The van der Waals surface area contributed by atoms with Crippen molar-refractivity contribution in [1.29, 1.82) is 0 Å². The minimum Gasteiger partial charge on any atom is -0.425 e. The third-order valence-electron chi connectivity index (χ3n) is 1.28. The first-order chi connectivity index (χ1) is 5.65. The minimum atomic E-state index is 0.597. The van der Waals surface area contributed by atoms with Gasteiger partial charge in [0, 0.05) is 27.8 Å². The summed E-state index contributed by atoms with van der Waals surface area (Å²) in [5.41, 5.74) is 6.22. The fourth-order valence-corrected chi connectivity index (χ4v) is 1.64. The lowest BCUT2D eigenvalue weighted by molar-refractivity contribution is 0.632. The molecular formula is C7H9NOS3. The Hall–Kier alpha value is -0.130. The average Bonchev–Trinajstić information content (AvgIpc) is 2.01. The predicted molar refractivity (Wildman–Crippen MR) is 59.5 cm³/mol. The van der Waals surface area contributed by atoms with E-state index in [0.29, 0.717) is 16.3 Å². The van der Waals surface area contributed by atoms with Crippen LogP contribution in [-0.2, 0) is 0 Å². The number of benzene rings is 1. The molecule has 1 rings (SSSR count). The van der Waals surface area contributed by atoms with Crippen LogP contribution < -0.4 is 9.92 Å². The van der Waals surface area contributed by atoms with Crippen LogP contribution in [0.1, 0.15) is 0 Å². The Morgan fingerprint density at radius 2 is 2.00 bits per heavy atom. The zero-order valence-electron chi connectivity index (χ0n) is 6.44. The molecule has 5 heteroatoms. The van der Waals surface area contributed by atoms with E-state index in [9.17, 15) is 0 Å². The quantitative estimate of drug-likeness (QED) is 0.406. The van der Waals surface area contributed by atoms with E-state index in [-0.39, 0.29) is 0 Å². The molecule has 0 aromatic heterocycles. The molecule has 0 saturated carbocycles. The molecule has 2 N–H and O–H groups in total. The van der Waals surface area contributed by atoms with Crippen molar-refractivity contribution < 1.29 is 4.18 Å². The van der Waals surface area contributed by atoms with Gasteiger partial charge in [-0.05, 0) is 6.07 Å². The van der Waals surface area contributed by atoms with E-state index >= 15 is 0 Å². The highest BCUT2D eigenvalue weighted by atomic mass is 32.2. The van der Waals surface area contributed by atoms with E-state index in [2.05, 4.69) is 25.3 Å². The van der Waals surface area contributed by atoms with Crippen LogP contribution in [0.5, 0.6) is 5.75 Å². The van der Waals surface area contributed by atoms with E-state index in [1.54, 1.807) is 12.1 Å². The van der Waals surface area contributed by atoms with Crippen molar-refractivity contribution in [2.24, 2.45) is 0 Å². The van der Waals surface area contributed by atoms with Crippen LogP contribution in [0.15, 0.2) is 21.9 Å². The van der Waals surface area contributed by atoms with E-state index in [1.807, 2.05) is 6.26 Å². The predicted octanol–water partition coefficient (Wildman–Crippen LogP) is 2.50. The number of hydrogen-bond donors (Lipinski definition) is 3. The summed E-state index contributed by atoms with van der Waals surface area (Å²) >= 11 is 9.61. The molecule has 1 aromatic rings. The highest BCUT2D eigenvalue weighted by Gasteiger charge is 2.03. The van der Waals surface area contributed by atoms with E-state index in [0.717, 1.165) is 4.90 Å². The molecule has 12 heavy (non-hydrogen) atoms. The van der Waals surface area contributed by atoms with Crippen LogP contribution in [0.25, 0.3) is 0 Å². The molecule has 0 atom stereocenters. The van der Waals surface area contributed by atoms with Gasteiger partial charge in [-0.25, -0.2) is 0 Å². The minimum absolute atomic E-state index is 0.597. The summed E-state index contributed by atoms with van der Waals surface area (Å²) in [4.78, 5) is 1.46. The summed E-state index contributed by atoms with van der Waals surface area (Å²) in [5, 5.41) is 0. The third-order valence-corrected chi connectivity index (χ3v) is 2.36. The van der Waals surface area contributed by atoms with Gasteiger partial charge in [0.2, 0.25) is 0 Å². The standard InChI is InChI=1S/C7H9NOS3/c1-12-9-5-2-4(8)6(10)3-7(5)11/h2-3,10-11H,8H2,1H3. The van der Waals surface area contributed by atoms with Crippen LogP contribution >= 0.6 is 37.3 Å². The molecule has 1 aromatic carbocycles. The number of nitrogen functional groups attached to an aromatic ring is 1. The Morgan fingerprint density at radius 3 is 2.58 bits per heavy atom. The van der Waals surface area contributed by atoms with Gasteiger partial charge < -0.3 is 9.92 Å². The van der Waals surface area contributed by atoms with Gasteiger partial charge in [0.15, 0.2) is 5.75 Å². The molecule has 0 spiro atoms. The van der Waals surface area contributed by atoms with Gasteiger partial charge >= 0.3 is 0 Å². The van der Waals surface area contributed by atoms with E-state index in [4.69, 9.17) is 9.92 Å². The lowest BCUT2D eigenvalue weighted by atomic mass is 10.3. The average molecular weight is 219 g/mol. The highest BCUT2D eigenvalue weighted by molar-refractivity contribution is 7.94. The van der Waals surface area contributed by atoms with Gasteiger partial charge in [0.05, 0.1) is 12.0 Å². The van der Waals surface area contributed by atoms with Gasteiger partial charge in [0.25, 0.3) is 0 Å². The lowest BCUT2D eigenvalue weighted by Crippen LogP contribution is -1.89. The van der Waals surface area contributed by atoms with Crippen LogP contribution in [0.4, 0.5) is 5.69 Å². The van der Waals surface area contributed by atoms with Crippen LogP contribution in [0, 0.1) is 0 Å². The summed E-state index contributed by atoms with van der Waals surface area (Å²) < 4.78 is 5.20. The first-order valence-electron chi connectivity index (χ1n) is 3.17. The first kappa shape index (κ1) is 9.95. The molecule has 0 aliphatic heterocycles. The SMILES string of the molecule is CSOc1cc(N)c(S)cc1S. The van der Waals surface area contributed by atoms with Crippen LogP contribution in [0.2, 0.25) is 0 Å². The molecule has 66 valence electrons. The monoisotopic (exact) mass is 219 g/mol. The molecule has 0 saturated heterocycles. The van der Waals surface area contributed by atoms with Crippen molar-refractivity contribution in [3.63, 3.8) is 0 Å². The van der Waals surface area contributed by atoms with Gasteiger partial charge in [-0.3, -0.25) is 0 Å². The molecular weight excluding hydrogens is 210 g/mol.